The molecule has 0 radical (unpaired) electrons. The number of allylic oxidation sites excluding steroid dienone is 3. The second kappa shape index (κ2) is 4.94. The lowest BCUT2D eigenvalue weighted by Gasteiger charge is -2.25. The summed E-state index contributed by atoms with van der Waals surface area (Å²) >= 11 is 0. The van der Waals surface area contributed by atoms with Gasteiger partial charge in [0.05, 0.1) is 0 Å². The van der Waals surface area contributed by atoms with Crippen LogP contribution in [0, 0.1) is 0 Å². The van der Waals surface area contributed by atoms with E-state index in [2.05, 4.69) is 11.9 Å². The molecule has 82 valence electrons. The largest absolute Gasteiger partial charge is 0.480 e. The van der Waals surface area contributed by atoms with Crippen LogP contribution in [0.4, 0.5) is 0 Å². The smallest absolute Gasteiger partial charge is 0.321 e. The fraction of sp³-hybridized carbons (Fsp3) is 0.417. The van der Waals surface area contributed by atoms with Crippen LogP contribution in [0.5, 0.6) is 0 Å². The Balaban J connectivity index is 2.83. The van der Waals surface area contributed by atoms with Crippen molar-refractivity contribution in [3.63, 3.8) is 0 Å². The summed E-state index contributed by atoms with van der Waals surface area (Å²) < 4.78 is 0. The summed E-state index contributed by atoms with van der Waals surface area (Å²) in [7, 11) is 0. The second-order valence-electron chi connectivity index (χ2n) is 3.81. The Morgan fingerprint density at radius 2 is 2.27 bits per heavy atom. The van der Waals surface area contributed by atoms with E-state index in [-0.39, 0.29) is 0 Å². The molecule has 1 aliphatic heterocycles. The summed E-state index contributed by atoms with van der Waals surface area (Å²) in [5.41, 5.74) is 3.23. The first-order valence-corrected chi connectivity index (χ1v) is 5.02. The Bertz CT molecular complexity index is 340. The maximum atomic E-state index is 10.8. The number of hydrogen-bond acceptors (Lipinski definition) is 2. The number of carboxylic acids is 1. The SMILES string of the molecule is C=C(C)/C=C1/CN[C@H](C(=O)O)C/C1=C/C. The highest BCUT2D eigenvalue weighted by Gasteiger charge is 2.24. The van der Waals surface area contributed by atoms with E-state index >= 15 is 0 Å². The minimum Gasteiger partial charge on any atom is -0.480 e. The van der Waals surface area contributed by atoms with Gasteiger partial charge in [0.1, 0.15) is 6.04 Å². The highest BCUT2D eigenvalue weighted by molar-refractivity contribution is 5.75. The molecule has 0 aromatic heterocycles. The van der Waals surface area contributed by atoms with E-state index in [4.69, 9.17) is 5.11 Å². The van der Waals surface area contributed by atoms with Gasteiger partial charge in [0.2, 0.25) is 0 Å². The van der Waals surface area contributed by atoms with Crippen LogP contribution in [0.15, 0.2) is 35.5 Å². The van der Waals surface area contributed by atoms with Gasteiger partial charge < -0.3 is 10.4 Å². The average Bonchev–Trinajstić information content (AvgIpc) is 2.17. The van der Waals surface area contributed by atoms with Crippen LogP contribution in [0.2, 0.25) is 0 Å². The quantitative estimate of drug-likeness (QED) is 0.727. The minimum atomic E-state index is -0.788. The molecule has 0 aliphatic carbocycles. The number of hydrogen-bond donors (Lipinski definition) is 2. The normalized spacial score (nSPS) is 26.9. The van der Waals surface area contributed by atoms with Gasteiger partial charge in [0.15, 0.2) is 0 Å². The fourth-order valence-corrected chi connectivity index (χ4v) is 1.69. The number of piperidine rings is 1. The monoisotopic (exact) mass is 207 g/mol. The molecule has 1 atom stereocenters. The summed E-state index contributed by atoms with van der Waals surface area (Å²) in [5, 5.41) is 11.9. The van der Waals surface area contributed by atoms with Crippen LogP contribution in [0.25, 0.3) is 0 Å². The molecule has 15 heavy (non-hydrogen) atoms. The number of nitrogens with one attached hydrogen (secondary N) is 1. The number of rotatable bonds is 2. The van der Waals surface area contributed by atoms with Gasteiger partial charge in [0, 0.05) is 6.54 Å². The van der Waals surface area contributed by atoms with E-state index in [9.17, 15) is 4.79 Å². The summed E-state index contributed by atoms with van der Waals surface area (Å²) in [6, 6.07) is -0.460. The van der Waals surface area contributed by atoms with Gasteiger partial charge in [-0.05, 0) is 31.4 Å². The first-order chi connectivity index (χ1) is 7.04. The van der Waals surface area contributed by atoms with Crippen LogP contribution < -0.4 is 5.32 Å². The summed E-state index contributed by atoms with van der Waals surface area (Å²) in [5.74, 6) is -0.788. The predicted molar refractivity (Wildman–Crippen MR) is 60.7 cm³/mol. The molecule has 1 rings (SSSR count). The van der Waals surface area contributed by atoms with E-state index in [0.29, 0.717) is 13.0 Å². The summed E-state index contributed by atoms with van der Waals surface area (Å²) in [6.45, 7) is 8.30. The molecule has 1 fully saturated rings. The molecule has 0 saturated carbocycles. The molecule has 1 aliphatic rings. The first-order valence-electron chi connectivity index (χ1n) is 5.02. The van der Waals surface area contributed by atoms with Crippen molar-refractivity contribution in [2.24, 2.45) is 0 Å². The fourth-order valence-electron chi connectivity index (χ4n) is 1.69. The third-order valence-electron chi connectivity index (χ3n) is 2.44. The van der Waals surface area contributed by atoms with Gasteiger partial charge in [-0.1, -0.05) is 24.3 Å². The highest BCUT2D eigenvalue weighted by Crippen LogP contribution is 2.21. The Morgan fingerprint density at radius 1 is 1.60 bits per heavy atom. The lowest BCUT2D eigenvalue weighted by molar-refractivity contribution is -0.139. The Morgan fingerprint density at radius 3 is 2.73 bits per heavy atom. The van der Waals surface area contributed by atoms with Crippen molar-refractivity contribution < 1.29 is 9.90 Å². The van der Waals surface area contributed by atoms with E-state index in [0.717, 1.165) is 16.7 Å². The lowest BCUT2D eigenvalue weighted by atomic mass is 9.92. The van der Waals surface area contributed by atoms with Gasteiger partial charge in [-0.3, -0.25) is 4.79 Å². The van der Waals surface area contributed by atoms with Gasteiger partial charge in [0.25, 0.3) is 0 Å². The molecule has 3 heteroatoms. The third kappa shape index (κ3) is 3.06. The van der Waals surface area contributed by atoms with Crippen molar-refractivity contribution in [3.8, 4) is 0 Å². The lowest BCUT2D eigenvalue weighted by Crippen LogP contribution is -2.42. The average molecular weight is 207 g/mol. The molecule has 1 heterocycles. The Labute approximate surface area is 90.2 Å². The third-order valence-corrected chi connectivity index (χ3v) is 2.44. The Hall–Kier alpha value is -1.35. The maximum Gasteiger partial charge on any atom is 0.321 e. The van der Waals surface area contributed by atoms with Gasteiger partial charge >= 0.3 is 5.97 Å². The van der Waals surface area contributed by atoms with Gasteiger partial charge in [-0.15, -0.1) is 0 Å². The molecule has 1 saturated heterocycles. The van der Waals surface area contributed by atoms with Crippen molar-refractivity contribution in [2.75, 3.05) is 6.54 Å². The van der Waals surface area contributed by atoms with Crippen LogP contribution in [0.3, 0.4) is 0 Å². The predicted octanol–water partition coefficient (Wildman–Crippen LogP) is 1.88. The molecule has 0 amide bonds. The summed E-state index contributed by atoms with van der Waals surface area (Å²) in [4.78, 5) is 10.8. The van der Waals surface area contributed by atoms with E-state index in [1.165, 1.54) is 0 Å². The number of aliphatic carboxylic acids is 1. The molecule has 0 aromatic rings. The van der Waals surface area contributed by atoms with Crippen LogP contribution in [0.1, 0.15) is 20.3 Å². The molecule has 0 spiro atoms. The van der Waals surface area contributed by atoms with Crippen LogP contribution in [-0.2, 0) is 4.79 Å². The zero-order valence-corrected chi connectivity index (χ0v) is 9.21. The zero-order chi connectivity index (χ0) is 11.4. The molecule has 0 bridgehead atoms. The highest BCUT2D eigenvalue weighted by atomic mass is 16.4. The molecule has 0 aromatic carbocycles. The Kier molecular flexibility index (Phi) is 3.86. The first kappa shape index (κ1) is 11.7. The van der Waals surface area contributed by atoms with Crippen LogP contribution >= 0.6 is 0 Å². The van der Waals surface area contributed by atoms with E-state index in [1.54, 1.807) is 0 Å². The molecular formula is C12H17NO2. The summed E-state index contributed by atoms with van der Waals surface area (Å²) in [6.07, 6.45) is 4.52. The topological polar surface area (TPSA) is 49.3 Å². The van der Waals surface area contributed by atoms with Crippen LogP contribution in [-0.4, -0.2) is 23.7 Å². The van der Waals surface area contributed by atoms with Crippen molar-refractivity contribution in [3.05, 3.63) is 35.5 Å². The maximum absolute atomic E-state index is 10.8. The van der Waals surface area contributed by atoms with Gasteiger partial charge in [-0.25, -0.2) is 0 Å². The van der Waals surface area contributed by atoms with Crippen molar-refractivity contribution in [1.82, 2.24) is 5.32 Å². The second-order valence-corrected chi connectivity index (χ2v) is 3.81. The van der Waals surface area contributed by atoms with Gasteiger partial charge in [-0.2, -0.15) is 0 Å². The van der Waals surface area contributed by atoms with Crippen molar-refractivity contribution in [2.45, 2.75) is 26.3 Å². The standard InChI is InChI=1S/C12H17NO2/c1-4-9-6-11(12(14)15)13-7-10(9)5-8(2)3/h4-5,11,13H,2,6-7H2,1,3H3,(H,14,15)/b9-4-,10-5-/t11-/m0/s1. The molecule has 0 unspecified atom stereocenters. The van der Waals surface area contributed by atoms with Crippen molar-refractivity contribution in [1.29, 1.82) is 0 Å². The number of carbonyl (C=O) groups is 1. The zero-order valence-electron chi connectivity index (χ0n) is 9.21. The number of carboxylic acid groups (broad SMARTS) is 1. The molecule has 3 nitrogen and oxygen atoms in total. The van der Waals surface area contributed by atoms with Crippen molar-refractivity contribution >= 4 is 5.97 Å². The minimum absolute atomic E-state index is 0.460. The molecular weight excluding hydrogens is 190 g/mol. The van der Waals surface area contributed by atoms with E-state index in [1.807, 2.05) is 26.0 Å². The molecule has 2 N–H and O–H groups in total. The van der Waals surface area contributed by atoms with E-state index < -0.39 is 12.0 Å².